The zero-order chi connectivity index (χ0) is 12.5. The molecule has 0 aromatic rings. The molecule has 0 aromatic carbocycles. The third-order valence-electron chi connectivity index (χ3n) is 4.27. The third kappa shape index (κ3) is 2.76. The van der Waals surface area contributed by atoms with Crippen LogP contribution in [0.4, 0.5) is 13.2 Å². The molecule has 0 spiro atoms. The molecular weight excluding hydrogens is 231 g/mol. The van der Waals surface area contributed by atoms with Gasteiger partial charge < -0.3 is 4.74 Å². The van der Waals surface area contributed by atoms with Crippen LogP contribution in [0, 0.1) is 0 Å². The summed E-state index contributed by atoms with van der Waals surface area (Å²) in [4.78, 5) is 2.39. The van der Waals surface area contributed by atoms with E-state index in [0.29, 0.717) is 0 Å². The molecule has 2 atom stereocenters. The molecular formula is C12H20F3NO. The highest BCUT2D eigenvalue weighted by atomic mass is 19.4. The number of hydrogen-bond acceptors (Lipinski definition) is 2. The van der Waals surface area contributed by atoms with Crippen LogP contribution in [0.25, 0.3) is 0 Å². The van der Waals surface area contributed by atoms with Crippen molar-refractivity contribution in [3.05, 3.63) is 0 Å². The standard InChI is InChI=1S/C12H20F3NO/c1-2-11-5-3-7-16(11)10(4-6-11)8-17-9-12(13,14)15/h10H,2-9H2,1H3/t10-,11-/m0/s1. The Labute approximate surface area is 100 Å². The van der Waals surface area contributed by atoms with Gasteiger partial charge in [0, 0.05) is 11.6 Å². The smallest absolute Gasteiger partial charge is 0.370 e. The summed E-state index contributed by atoms with van der Waals surface area (Å²) in [6.45, 7) is 2.31. The van der Waals surface area contributed by atoms with Gasteiger partial charge in [0.05, 0.1) is 6.61 Å². The van der Waals surface area contributed by atoms with E-state index in [1.807, 2.05) is 0 Å². The van der Waals surface area contributed by atoms with E-state index < -0.39 is 12.8 Å². The molecule has 2 aliphatic heterocycles. The van der Waals surface area contributed by atoms with Crippen LogP contribution in [0.3, 0.4) is 0 Å². The summed E-state index contributed by atoms with van der Waals surface area (Å²) in [6, 6.07) is 0.194. The maximum absolute atomic E-state index is 12.0. The summed E-state index contributed by atoms with van der Waals surface area (Å²) in [6.07, 6.45) is 1.35. The Morgan fingerprint density at radius 2 is 2.12 bits per heavy atom. The van der Waals surface area contributed by atoms with Crippen molar-refractivity contribution >= 4 is 0 Å². The summed E-state index contributed by atoms with van der Waals surface area (Å²) in [5, 5.41) is 0. The van der Waals surface area contributed by atoms with Crippen LogP contribution in [0.1, 0.15) is 39.0 Å². The number of hydrogen-bond donors (Lipinski definition) is 0. The van der Waals surface area contributed by atoms with Crippen LogP contribution in [0.2, 0.25) is 0 Å². The van der Waals surface area contributed by atoms with E-state index in [1.54, 1.807) is 0 Å². The van der Waals surface area contributed by atoms with Crippen molar-refractivity contribution in [2.75, 3.05) is 19.8 Å². The highest BCUT2D eigenvalue weighted by molar-refractivity contribution is 5.03. The van der Waals surface area contributed by atoms with E-state index in [9.17, 15) is 13.2 Å². The number of ether oxygens (including phenoxy) is 1. The largest absolute Gasteiger partial charge is 0.411 e. The topological polar surface area (TPSA) is 12.5 Å². The SMILES string of the molecule is CC[C@@]12CCCN1[C@H](COCC(F)(F)F)CC2. The van der Waals surface area contributed by atoms with E-state index in [1.165, 1.54) is 12.8 Å². The molecule has 2 rings (SSSR count). The number of nitrogens with zero attached hydrogens (tertiary/aromatic N) is 1. The van der Waals surface area contributed by atoms with Crippen LogP contribution < -0.4 is 0 Å². The lowest BCUT2D eigenvalue weighted by Gasteiger charge is -2.34. The maximum atomic E-state index is 12.0. The van der Waals surface area contributed by atoms with Crippen LogP contribution in [-0.2, 0) is 4.74 Å². The predicted molar refractivity (Wildman–Crippen MR) is 58.9 cm³/mol. The van der Waals surface area contributed by atoms with Gasteiger partial charge in [-0.3, -0.25) is 4.90 Å². The molecule has 0 unspecified atom stereocenters. The zero-order valence-corrected chi connectivity index (χ0v) is 10.2. The minimum atomic E-state index is -4.20. The molecule has 100 valence electrons. The van der Waals surface area contributed by atoms with Crippen molar-refractivity contribution in [1.82, 2.24) is 4.90 Å². The first kappa shape index (κ1) is 13.1. The highest BCUT2D eigenvalue weighted by Crippen LogP contribution is 2.44. The first-order chi connectivity index (χ1) is 7.97. The molecule has 2 saturated heterocycles. The Morgan fingerprint density at radius 3 is 2.76 bits per heavy atom. The van der Waals surface area contributed by atoms with Crippen molar-refractivity contribution in [1.29, 1.82) is 0 Å². The quantitative estimate of drug-likeness (QED) is 0.761. The van der Waals surface area contributed by atoms with E-state index >= 15 is 0 Å². The van der Waals surface area contributed by atoms with Crippen molar-refractivity contribution in [3.63, 3.8) is 0 Å². The van der Waals surface area contributed by atoms with Crippen molar-refractivity contribution in [2.45, 2.75) is 56.8 Å². The van der Waals surface area contributed by atoms with Gasteiger partial charge in [-0.05, 0) is 38.6 Å². The minimum absolute atomic E-state index is 0.194. The summed E-state index contributed by atoms with van der Waals surface area (Å²) < 4.78 is 40.8. The van der Waals surface area contributed by atoms with E-state index in [2.05, 4.69) is 11.8 Å². The normalized spacial score (nSPS) is 34.2. The number of fused-ring (bicyclic) bond motifs is 1. The first-order valence-electron chi connectivity index (χ1n) is 6.38. The molecule has 2 nitrogen and oxygen atoms in total. The van der Waals surface area contributed by atoms with Gasteiger partial charge in [-0.25, -0.2) is 0 Å². The number of halogens is 3. The third-order valence-corrected chi connectivity index (χ3v) is 4.27. The Bertz CT molecular complexity index is 269. The van der Waals surface area contributed by atoms with Crippen LogP contribution >= 0.6 is 0 Å². The van der Waals surface area contributed by atoms with Crippen LogP contribution in [-0.4, -0.2) is 42.4 Å². The molecule has 0 aliphatic carbocycles. The second kappa shape index (κ2) is 4.76. The lowest BCUT2D eigenvalue weighted by atomic mass is 9.91. The van der Waals surface area contributed by atoms with Gasteiger partial charge in [-0.1, -0.05) is 6.92 Å². The number of alkyl halides is 3. The molecule has 2 heterocycles. The molecule has 0 N–H and O–H groups in total. The van der Waals surface area contributed by atoms with Crippen LogP contribution in [0.15, 0.2) is 0 Å². The van der Waals surface area contributed by atoms with Gasteiger partial charge in [0.2, 0.25) is 0 Å². The molecule has 0 bridgehead atoms. The van der Waals surface area contributed by atoms with E-state index in [0.717, 1.165) is 25.8 Å². The number of rotatable bonds is 4. The first-order valence-corrected chi connectivity index (χ1v) is 6.38. The fourth-order valence-corrected chi connectivity index (χ4v) is 3.43. The molecule has 2 fully saturated rings. The van der Waals surface area contributed by atoms with Crippen molar-refractivity contribution < 1.29 is 17.9 Å². The Balaban J connectivity index is 1.83. The molecule has 0 radical (unpaired) electrons. The van der Waals surface area contributed by atoms with Gasteiger partial charge >= 0.3 is 6.18 Å². The lowest BCUT2D eigenvalue weighted by Crippen LogP contribution is -2.43. The van der Waals surface area contributed by atoms with E-state index in [4.69, 9.17) is 4.74 Å². The van der Waals surface area contributed by atoms with Gasteiger partial charge in [0.1, 0.15) is 6.61 Å². The molecule has 5 heteroatoms. The summed E-state index contributed by atoms with van der Waals surface area (Å²) in [7, 11) is 0. The van der Waals surface area contributed by atoms with Gasteiger partial charge in [0.15, 0.2) is 0 Å². The minimum Gasteiger partial charge on any atom is -0.370 e. The zero-order valence-electron chi connectivity index (χ0n) is 10.2. The molecule has 2 aliphatic rings. The summed E-state index contributed by atoms with van der Waals surface area (Å²) in [5.41, 5.74) is 0.270. The molecule has 17 heavy (non-hydrogen) atoms. The summed E-state index contributed by atoms with van der Waals surface area (Å²) in [5.74, 6) is 0. The monoisotopic (exact) mass is 251 g/mol. The fourth-order valence-electron chi connectivity index (χ4n) is 3.43. The second-order valence-corrected chi connectivity index (χ2v) is 5.20. The van der Waals surface area contributed by atoms with Crippen molar-refractivity contribution in [2.24, 2.45) is 0 Å². The second-order valence-electron chi connectivity index (χ2n) is 5.20. The Kier molecular flexibility index (Phi) is 3.69. The highest BCUT2D eigenvalue weighted by Gasteiger charge is 2.47. The molecule has 0 saturated carbocycles. The van der Waals surface area contributed by atoms with Crippen molar-refractivity contribution in [3.8, 4) is 0 Å². The Hall–Kier alpha value is -0.290. The Morgan fingerprint density at radius 1 is 1.35 bits per heavy atom. The maximum Gasteiger partial charge on any atom is 0.411 e. The van der Waals surface area contributed by atoms with Gasteiger partial charge in [-0.2, -0.15) is 13.2 Å². The van der Waals surface area contributed by atoms with Gasteiger partial charge in [0.25, 0.3) is 0 Å². The predicted octanol–water partition coefficient (Wildman–Crippen LogP) is 2.97. The molecule has 0 amide bonds. The average molecular weight is 251 g/mol. The summed E-state index contributed by atoms with van der Waals surface area (Å²) >= 11 is 0. The van der Waals surface area contributed by atoms with E-state index in [-0.39, 0.29) is 18.2 Å². The average Bonchev–Trinajstić information content (AvgIpc) is 2.77. The lowest BCUT2D eigenvalue weighted by molar-refractivity contribution is -0.177. The van der Waals surface area contributed by atoms with Crippen LogP contribution in [0.5, 0.6) is 0 Å². The molecule has 0 aromatic heterocycles. The van der Waals surface area contributed by atoms with Gasteiger partial charge in [-0.15, -0.1) is 0 Å². The fraction of sp³-hybridized carbons (Fsp3) is 1.00.